The molecule has 3 nitrogen and oxygen atoms in total. The highest BCUT2D eigenvalue weighted by Crippen LogP contribution is 2.27. The van der Waals surface area contributed by atoms with Gasteiger partial charge in [-0.1, -0.05) is 12.1 Å². The quantitative estimate of drug-likeness (QED) is 0.918. The van der Waals surface area contributed by atoms with Crippen LogP contribution >= 0.6 is 0 Å². The Kier molecular flexibility index (Phi) is 3.51. The molecule has 4 heteroatoms. The number of carboxylic acids is 1. The van der Waals surface area contributed by atoms with Crippen molar-refractivity contribution in [1.82, 2.24) is 0 Å². The van der Waals surface area contributed by atoms with Crippen molar-refractivity contribution in [3.63, 3.8) is 0 Å². The number of hydrogen-bond acceptors (Lipinski definition) is 2. The van der Waals surface area contributed by atoms with Gasteiger partial charge in [-0.05, 0) is 36.2 Å². The summed E-state index contributed by atoms with van der Waals surface area (Å²) >= 11 is 0. The molecule has 0 heterocycles. The molecule has 0 saturated carbocycles. The third-order valence-corrected chi connectivity index (χ3v) is 2.96. The minimum Gasteiger partial charge on any atom is -0.497 e. The monoisotopic (exact) mass is 260 g/mol. The molecular formula is C15H13FO3. The van der Waals surface area contributed by atoms with Gasteiger partial charge in [0.2, 0.25) is 0 Å². The van der Waals surface area contributed by atoms with Crippen LogP contribution in [0.2, 0.25) is 0 Å². The molecule has 1 N–H and O–H groups in total. The van der Waals surface area contributed by atoms with Crippen LogP contribution in [0.1, 0.15) is 15.9 Å². The van der Waals surface area contributed by atoms with Gasteiger partial charge in [-0.2, -0.15) is 0 Å². The number of halogens is 1. The summed E-state index contributed by atoms with van der Waals surface area (Å²) in [5.41, 5.74) is 1.70. The molecule has 0 aliphatic rings. The summed E-state index contributed by atoms with van der Waals surface area (Å²) in [4.78, 5) is 11.1. The number of rotatable bonds is 3. The van der Waals surface area contributed by atoms with Gasteiger partial charge in [0.05, 0.1) is 12.7 Å². The molecule has 0 bridgehead atoms. The van der Waals surface area contributed by atoms with Crippen molar-refractivity contribution in [3.8, 4) is 16.9 Å². The Hall–Kier alpha value is -2.36. The van der Waals surface area contributed by atoms with Crippen LogP contribution in [-0.2, 0) is 0 Å². The Labute approximate surface area is 110 Å². The van der Waals surface area contributed by atoms with E-state index in [-0.39, 0.29) is 5.56 Å². The Balaban J connectivity index is 2.53. The molecule has 2 aromatic carbocycles. The first kappa shape index (κ1) is 13.1. The van der Waals surface area contributed by atoms with Crippen LogP contribution in [0.3, 0.4) is 0 Å². The Bertz CT molecular complexity index is 635. The highest BCUT2D eigenvalue weighted by Gasteiger charge is 2.11. The number of benzene rings is 2. The van der Waals surface area contributed by atoms with E-state index < -0.39 is 11.8 Å². The number of carboxylic acid groups (broad SMARTS) is 1. The highest BCUT2D eigenvalue weighted by atomic mass is 19.1. The molecule has 0 aliphatic heterocycles. The van der Waals surface area contributed by atoms with Gasteiger partial charge in [-0.3, -0.25) is 0 Å². The average molecular weight is 260 g/mol. The zero-order chi connectivity index (χ0) is 14.0. The molecule has 0 atom stereocenters. The highest BCUT2D eigenvalue weighted by molar-refractivity contribution is 5.91. The summed E-state index contributed by atoms with van der Waals surface area (Å²) in [6, 6.07) is 9.33. The van der Waals surface area contributed by atoms with Gasteiger partial charge in [0.15, 0.2) is 0 Å². The predicted molar refractivity (Wildman–Crippen MR) is 70.1 cm³/mol. The van der Waals surface area contributed by atoms with E-state index >= 15 is 0 Å². The summed E-state index contributed by atoms with van der Waals surface area (Å²) < 4.78 is 18.9. The van der Waals surface area contributed by atoms with E-state index in [1.807, 2.05) is 0 Å². The number of carbonyl (C=O) groups is 1. The smallest absolute Gasteiger partial charge is 0.335 e. The molecule has 2 aromatic rings. The minimum absolute atomic E-state index is 0.174. The third kappa shape index (κ3) is 2.57. The molecule has 0 fully saturated rings. The molecule has 0 radical (unpaired) electrons. The average Bonchev–Trinajstić information content (AvgIpc) is 2.39. The van der Waals surface area contributed by atoms with Crippen molar-refractivity contribution in [2.75, 3.05) is 7.11 Å². The van der Waals surface area contributed by atoms with Gasteiger partial charge in [0.25, 0.3) is 0 Å². The first-order valence-electron chi connectivity index (χ1n) is 5.71. The number of aryl methyl sites for hydroxylation is 1. The molecule has 0 aliphatic carbocycles. The maximum Gasteiger partial charge on any atom is 0.335 e. The predicted octanol–water partition coefficient (Wildman–Crippen LogP) is 3.51. The number of hydrogen-bond donors (Lipinski definition) is 1. The van der Waals surface area contributed by atoms with E-state index in [1.54, 1.807) is 31.2 Å². The second-order valence-electron chi connectivity index (χ2n) is 4.18. The largest absolute Gasteiger partial charge is 0.497 e. The van der Waals surface area contributed by atoms with Crippen LogP contribution in [-0.4, -0.2) is 18.2 Å². The maximum atomic E-state index is 13.9. The van der Waals surface area contributed by atoms with E-state index in [9.17, 15) is 9.18 Å². The van der Waals surface area contributed by atoms with E-state index in [2.05, 4.69) is 0 Å². The molecule has 2 rings (SSSR count). The van der Waals surface area contributed by atoms with Crippen molar-refractivity contribution >= 4 is 5.97 Å². The van der Waals surface area contributed by atoms with Gasteiger partial charge < -0.3 is 9.84 Å². The lowest BCUT2D eigenvalue weighted by Gasteiger charge is -2.08. The van der Waals surface area contributed by atoms with Crippen LogP contribution in [0.15, 0.2) is 36.4 Å². The zero-order valence-electron chi connectivity index (χ0n) is 10.6. The Morgan fingerprint density at radius 3 is 2.53 bits per heavy atom. The van der Waals surface area contributed by atoms with Crippen molar-refractivity contribution in [2.45, 2.75) is 6.92 Å². The fourth-order valence-corrected chi connectivity index (χ4v) is 1.88. The van der Waals surface area contributed by atoms with Crippen molar-refractivity contribution in [3.05, 3.63) is 53.3 Å². The number of methoxy groups -OCH3 is 1. The minimum atomic E-state index is -1.02. The normalized spacial score (nSPS) is 10.3. The van der Waals surface area contributed by atoms with Crippen LogP contribution < -0.4 is 4.74 Å². The molecule has 0 unspecified atom stereocenters. The first-order chi connectivity index (χ1) is 9.02. The summed E-state index contributed by atoms with van der Waals surface area (Å²) in [5, 5.41) is 9.07. The fraction of sp³-hybridized carbons (Fsp3) is 0.133. The summed E-state index contributed by atoms with van der Waals surface area (Å²) in [6.45, 7) is 1.71. The fourth-order valence-electron chi connectivity index (χ4n) is 1.88. The molecule has 0 spiro atoms. The van der Waals surface area contributed by atoms with Gasteiger partial charge >= 0.3 is 5.97 Å². The van der Waals surface area contributed by atoms with Gasteiger partial charge in [-0.15, -0.1) is 0 Å². The van der Waals surface area contributed by atoms with Gasteiger partial charge in [0.1, 0.15) is 11.6 Å². The van der Waals surface area contributed by atoms with E-state index in [1.165, 1.54) is 19.2 Å². The first-order valence-corrected chi connectivity index (χ1v) is 5.71. The van der Waals surface area contributed by atoms with E-state index in [0.717, 1.165) is 0 Å². The number of aromatic carboxylic acids is 1. The topological polar surface area (TPSA) is 46.5 Å². The standard InChI is InChI=1S/C15H13FO3/c1-9-3-4-10(7-13(9)15(17)18)12-6-5-11(19-2)8-14(12)16/h3-8H,1-2H3,(H,17,18). The second kappa shape index (κ2) is 5.10. The SMILES string of the molecule is COc1ccc(-c2ccc(C)c(C(=O)O)c2)c(F)c1. The van der Waals surface area contributed by atoms with Crippen molar-refractivity contribution in [1.29, 1.82) is 0 Å². The molecule has 0 amide bonds. The molecule has 98 valence electrons. The third-order valence-electron chi connectivity index (χ3n) is 2.96. The van der Waals surface area contributed by atoms with E-state index in [4.69, 9.17) is 9.84 Å². The van der Waals surface area contributed by atoms with E-state index in [0.29, 0.717) is 22.4 Å². The van der Waals surface area contributed by atoms with Crippen LogP contribution in [0.25, 0.3) is 11.1 Å². The Morgan fingerprint density at radius 1 is 1.21 bits per heavy atom. The van der Waals surface area contributed by atoms with Crippen molar-refractivity contribution < 1.29 is 19.0 Å². The van der Waals surface area contributed by atoms with Crippen LogP contribution in [0.5, 0.6) is 5.75 Å². The lowest BCUT2D eigenvalue weighted by Crippen LogP contribution is -2.00. The molecular weight excluding hydrogens is 247 g/mol. The summed E-state index contributed by atoms with van der Waals surface area (Å²) in [6.07, 6.45) is 0. The summed E-state index contributed by atoms with van der Waals surface area (Å²) in [5.74, 6) is -1.04. The van der Waals surface area contributed by atoms with Crippen LogP contribution in [0.4, 0.5) is 4.39 Å². The number of ether oxygens (including phenoxy) is 1. The summed E-state index contributed by atoms with van der Waals surface area (Å²) in [7, 11) is 1.46. The molecule has 19 heavy (non-hydrogen) atoms. The zero-order valence-corrected chi connectivity index (χ0v) is 10.6. The second-order valence-corrected chi connectivity index (χ2v) is 4.18. The van der Waals surface area contributed by atoms with Gasteiger partial charge in [-0.25, -0.2) is 9.18 Å². The van der Waals surface area contributed by atoms with Crippen molar-refractivity contribution in [2.24, 2.45) is 0 Å². The van der Waals surface area contributed by atoms with Crippen LogP contribution in [0, 0.1) is 12.7 Å². The lowest BCUT2D eigenvalue weighted by molar-refractivity contribution is 0.0696. The maximum absolute atomic E-state index is 13.9. The molecule has 0 saturated heterocycles. The Morgan fingerprint density at radius 2 is 1.95 bits per heavy atom. The molecule has 0 aromatic heterocycles. The lowest BCUT2D eigenvalue weighted by atomic mass is 9.99. The van der Waals surface area contributed by atoms with Gasteiger partial charge in [0, 0.05) is 11.6 Å².